The third kappa shape index (κ3) is 6.80. The van der Waals surface area contributed by atoms with Gasteiger partial charge in [0.05, 0.1) is 6.61 Å². The summed E-state index contributed by atoms with van der Waals surface area (Å²) < 4.78 is 10.9. The van der Waals surface area contributed by atoms with Crippen LogP contribution in [0.3, 0.4) is 0 Å². The van der Waals surface area contributed by atoms with E-state index < -0.39 is 6.09 Å². The fraction of sp³-hybridized carbons (Fsp3) is 0.588. The Morgan fingerprint density at radius 1 is 1.18 bits per heavy atom. The van der Waals surface area contributed by atoms with E-state index in [0.29, 0.717) is 12.3 Å². The first-order valence-electron chi connectivity index (χ1n) is 8.01. The van der Waals surface area contributed by atoms with Crippen LogP contribution in [0.2, 0.25) is 0 Å². The lowest BCUT2D eigenvalue weighted by Crippen LogP contribution is -2.34. The summed E-state index contributed by atoms with van der Waals surface area (Å²) >= 11 is 0. The molecule has 5 nitrogen and oxygen atoms in total. The number of ether oxygens (including phenoxy) is 2. The lowest BCUT2D eigenvalue weighted by Gasteiger charge is -2.22. The molecule has 0 aliphatic rings. The average molecular weight is 308 g/mol. The highest BCUT2D eigenvalue weighted by molar-refractivity contribution is 5.84. The van der Waals surface area contributed by atoms with Gasteiger partial charge in [0.1, 0.15) is 11.9 Å². The minimum absolute atomic E-state index is 0.146. The number of nitrogens with one attached hydrogen (secondary N) is 1. The molecule has 0 heterocycles. The first kappa shape index (κ1) is 18.3. The van der Waals surface area contributed by atoms with Gasteiger partial charge < -0.3 is 14.4 Å². The van der Waals surface area contributed by atoms with Gasteiger partial charge in [0.25, 0.3) is 0 Å². The zero-order chi connectivity index (χ0) is 16.4. The van der Waals surface area contributed by atoms with E-state index in [1.165, 1.54) is 0 Å². The van der Waals surface area contributed by atoms with Gasteiger partial charge in [0, 0.05) is 12.2 Å². The van der Waals surface area contributed by atoms with Gasteiger partial charge in [-0.3, -0.25) is 5.32 Å². The van der Waals surface area contributed by atoms with Crippen LogP contribution in [0.25, 0.3) is 0 Å². The van der Waals surface area contributed by atoms with E-state index in [-0.39, 0.29) is 6.10 Å². The van der Waals surface area contributed by atoms with E-state index in [2.05, 4.69) is 31.0 Å². The van der Waals surface area contributed by atoms with Crippen molar-refractivity contribution in [2.45, 2.75) is 40.2 Å². The molecule has 0 bridgehead atoms. The number of hydrogen-bond acceptors (Lipinski definition) is 4. The Balaban J connectivity index is 2.40. The second kappa shape index (κ2) is 10.1. The van der Waals surface area contributed by atoms with Crippen LogP contribution >= 0.6 is 0 Å². The van der Waals surface area contributed by atoms with Crippen LogP contribution in [-0.2, 0) is 4.74 Å². The molecule has 22 heavy (non-hydrogen) atoms. The number of rotatable bonds is 9. The van der Waals surface area contributed by atoms with Crippen LogP contribution in [0, 0.1) is 0 Å². The monoisotopic (exact) mass is 308 g/mol. The molecule has 1 amide bonds. The van der Waals surface area contributed by atoms with Gasteiger partial charge in [-0.2, -0.15) is 0 Å². The van der Waals surface area contributed by atoms with Crippen LogP contribution < -0.4 is 10.1 Å². The number of hydrogen-bond donors (Lipinski definition) is 1. The molecule has 0 aliphatic carbocycles. The van der Waals surface area contributed by atoms with Gasteiger partial charge in [0.15, 0.2) is 0 Å². The zero-order valence-corrected chi connectivity index (χ0v) is 14.1. The molecular formula is C17H28N2O3. The summed E-state index contributed by atoms with van der Waals surface area (Å²) in [7, 11) is 0. The SMILES string of the molecule is CCCOc1ccc(NC(=O)OC(C)CN(CC)CC)cc1. The standard InChI is InChI=1S/C17H28N2O3/c1-5-12-21-16-10-8-15(9-11-16)18-17(20)22-14(4)13-19(6-2)7-3/h8-11,14H,5-7,12-13H2,1-4H3,(H,18,20). The molecule has 0 aromatic heterocycles. The molecule has 1 aromatic carbocycles. The van der Waals surface area contributed by atoms with Crippen molar-refractivity contribution in [2.24, 2.45) is 0 Å². The van der Waals surface area contributed by atoms with Crippen LogP contribution in [0.15, 0.2) is 24.3 Å². The molecule has 1 rings (SSSR count). The number of likely N-dealkylation sites (N-methyl/N-ethyl adjacent to an activating group) is 1. The third-order valence-corrected chi connectivity index (χ3v) is 3.29. The van der Waals surface area contributed by atoms with E-state index in [4.69, 9.17) is 9.47 Å². The second-order valence-corrected chi connectivity index (χ2v) is 5.20. The van der Waals surface area contributed by atoms with Gasteiger partial charge in [-0.25, -0.2) is 4.79 Å². The molecule has 1 unspecified atom stereocenters. The summed E-state index contributed by atoms with van der Waals surface area (Å²) in [6, 6.07) is 7.29. The molecule has 124 valence electrons. The van der Waals surface area contributed by atoms with Gasteiger partial charge >= 0.3 is 6.09 Å². The van der Waals surface area contributed by atoms with Crippen molar-refractivity contribution in [3.8, 4) is 5.75 Å². The predicted octanol–water partition coefficient (Wildman–Crippen LogP) is 3.75. The Kier molecular flexibility index (Phi) is 8.36. The summed E-state index contributed by atoms with van der Waals surface area (Å²) in [4.78, 5) is 14.1. The highest BCUT2D eigenvalue weighted by Crippen LogP contribution is 2.16. The Hall–Kier alpha value is -1.75. The topological polar surface area (TPSA) is 50.8 Å². The lowest BCUT2D eigenvalue weighted by atomic mass is 10.3. The number of carbonyl (C=O) groups excluding carboxylic acids is 1. The quantitative estimate of drug-likeness (QED) is 0.755. The fourth-order valence-electron chi connectivity index (χ4n) is 2.07. The number of amides is 1. The molecule has 0 saturated heterocycles. The molecule has 0 radical (unpaired) electrons. The summed E-state index contributed by atoms with van der Waals surface area (Å²) in [5.41, 5.74) is 0.698. The molecule has 1 atom stereocenters. The van der Waals surface area contributed by atoms with Crippen LogP contribution in [0.1, 0.15) is 34.1 Å². The minimum Gasteiger partial charge on any atom is -0.494 e. The summed E-state index contributed by atoms with van der Waals surface area (Å²) in [6.45, 7) is 11.5. The summed E-state index contributed by atoms with van der Waals surface area (Å²) in [5, 5.41) is 2.73. The van der Waals surface area contributed by atoms with Gasteiger partial charge in [-0.05, 0) is 50.7 Å². The van der Waals surface area contributed by atoms with Crippen molar-refractivity contribution < 1.29 is 14.3 Å². The van der Waals surface area contributed by atoms with Crippen LogP contribution in [0.5, 0.6) is 5.75 Å². The van der Waals surface area contributed by atoms with Crippen molar-refractivity contribution in [2.75, 3.05) is 31.6 Å². The highest BCUT2D eigenvalue weighted by Gasteiger charge is 2.12. The maximum Gasteiger partial charge on any atom is 0.411 e. The minimum atomic E-state index is -0.429. The average Bonchev–Trinajstić information content (AvgIpc) is 2.51. The Morgan fingerprint density at radius 3 is 2.36 bits per heavy atom. The zero-order valence-electron chi connectivity index (χ0n) is 14.1. The van der Waals surface area contributed by atoms with Crippen molar-refractivity contribution >= 4 is 11.8 Å². The van der Waals surface area contributed by atoms with Crippen molar-refractivity contribution in [3.05, 3.63) is 24.3 Å². The Bertz CT molecular complexity index is 430. The number of benzene rings is 1. The van der Waals surface area contributed by atoms with Crippen molar-refractivity contribution in [3.63, 3.8) is 0 Å². The van der Waals surface area contributed by atoms with E-state index >= 15 is 0 Å². The van der Waals surface area contributed by atoms with Crippen LogP contribution in [-0.4, -0.2) is 43.3 Å². The maximum atomic E-state index is 11.9. The van der Waals surface area contributed by atoms with E-state index in [1.54, 1.807) is 12.1 Å². The molecular weight excluding hydrogens is 280 g/mol. The molecule has 1 aromatic rings. The van der Waals surface area contributed by atoms with Gasteiger partial charge in [0.2, 0.25) is 0 Å². The van der Waals surface area contributed by atoms with Gasteiger partial charge in [-0.1, -0.05) is 20.8 Å². The predicted molar refractivity (Wildman–Crippen MR) is 89.6 cm³/mol. The largest absolute Gasteiger partial charge is 0.494 e. The first-order valence-corrected chi connectivity index (χ1v) is 8.01. The normalized spacial score (nSPS) is 12.0. The highest BCUT2D eigenvalue weighted by atomic mass is 16.6. The van der Waals surface area contributed by atoms with Crippen molar-refractivity contribution in [1.82, 2.24) is 4.90 Å². The molecule has 1 N–H and O–H groups in total. The molecule has 0 aliphatic heterocycles. The Labute approximate surface area is 133 Å². The molecule has 5 heteroatoms. The van der Waals surface area contributed by atoms with E-state index in [0.717, 1.165) is 31.8 Å². The second-order valence-electron chi connectivity index (χ2n) is 5.20. The summed E-state index contributed by atoms with van der Waals surface area (Å²) in [6.07, 6.45) is 0.394. The van der Waals surface area contributed by atoms with Crippen molar-refractivity contribution in [1.29, 1.82) is 0 Å². The lowest BCUT2D eigenvalue weighted by molar-refractivity contribution is 0.0929. The number of anilines is 1. The van der Waals surface area contributed by atoms with Crippen LogP contribution in [0.4, 0.5) is 10.5 Å². The first-order chi connectivity index (χ1) is 10.6. The molecule has 0 fully saturated rings. The fourth-order valence-corrected chi connectivity index (χ4v) is 2.07. The van der Waals surface area contributed by atoms with Gasteiger partial charge in [-0.15, -0.1) is 0 Å². The smallest absolute Gasteiger partial charge is 0.411 e. The number of carbonyl (C=O) groups is 1. The van der Waals surface area contributed by atoms with E-state index in [9.17, 15) is 4.79 Å². The molecule has 0 spiro atoms. The summed E-state index contributed by atoms with van der Waals surface area (Å²) in [5.74, 6) is 0.802. The maximum absolute atomic E-state index is 11.9. The third-order valence-electron chi connectivity index (χ3n) is 3.29. The number of nitrogens with zero attached hydrogens (tertiary/aromatic N) is 1. The van der Waals surface area contributed by atoms with E-state index in [1.807, 2.05) is 19.1 Å². The Morgan fingerprint density at radius 2 is 1.82 bits per heavy atom. The molecule has 0 saturated carbocycles.